The molecule has 4 rings (SSSR count). The van der Waals surface area contributed by atoms with Crippen LogP contribution in [0.5, 0.6) is 0 Å². The van der Waals surface area contributed by atoms with Crippen molar-refractivity contribution in [2.75, 3.05) is 25.7 Å². The summed E-state index contributed by atoms with van der Waals surface area (Å²) in [6.07, 6.45) is 11.0. The zero-order chi connectivity index (χ0) is 30.3. The van der Waals surface area contributed by atoms with Gasteiger partial charge in [0.15, 0.2) is 0 Å². The van der Waals surface area contributed by atoms with E-state index in [4.69, 9.17) is 4.74 Å². The molecule has 230 valence electrons. The summed E-state index contributed by atoms with van der Waals surface area (Å²) < 4.78 is 28.9. The molecule has 2 aliphatic rings. The summed E-state index contributed by atoms with van der Waals surface area (Å²) in [7, 11) is -1.62. The highest BCUT2D eigenvalue weighted by Crippen LogP contribution is 2.36. The van der Waals surface area contributed by atoms with Gasteiger partial charge in [0.05, 0.1) is 12.4 Å². The molecule has 1 saturated carbocycles. The quantitative estimate of drug-likeness (QED) is 0.325. The first kappa shape index (κ1) is 32.2. The number of aryl methyl sites for hydroxylation is 1. The number of benzene rings is 2. The van der Waals surface area contributed by atoms with Crippen LogP contribution in [-0.4, -0.2) is 74.2 Å². The van der Waals surface area contributed by atoms with E-state index in [1.54, 1.807) is 13.2 Å². The lowest BCUT2D eigenvalue weighted by Gasteiger charge is -2.33. The molecular weight excluding hydrogens is 552 g/mol. The first-order valence-electron chi connectivity index (χ1n) is 15.2. The van der Waals surface area contributed by atoms with E-state index in [-0.39, 0.29) is 12.2 Å². The monoisotopic (exact) mass is 598 g/mol. The molecule has 1 amide bonds. The highest BCUT2D eigenvalue weighted by Gasteiger charge is 2.35. The second kappa shape index (κ2) is 14.6. The van der Waals surface area contributed by atoms with Gasteiger partial charge in [-0.3, -0.25) is 9.69 Å². The van der Waals surface area contributed by atoms with Gasteiger partial charge in [0.25, 0.3) is 5.91 Å². The number of likely N-dealkylation sites (tertiary alicyclic amines) is 1. The van der Waals surface area contributed by atoms with Gasteiger partial charge in [-0.05, 0) is 72.9 Å². The topological polar surface area (TPSA) is 113 Å². The number of carbonyl (C=O) groups is 2. The highest BCUT2D eigenvalue weighted by molar-refractivity contribution is 7.90. The maximum absolute atomic E-state index is 13.5. The molecule has 2 fully saturated rings. The van der Waals surface area contributed by atoms with Crippen LogP contribution in [0, 0.1) is 12.8 Å². The van der Waals surface area contributed by atoms with Crippen LogP contribution in [-0.2, 0) is 25.9 Å². The summed E-state index contributed by atoms with van der Waals surface area (Å²) in [4.78, 5) is 28.0. The van der Waals surface area contributed by atoms with E-state index < -0.39 is 27.8 Å². The minimum Gasteiger partial charge on any atom is -0.480 e. The molecule has 1 aliphatic heterocycles. The summed E-state index contributed by atoms with van der Waals surface area (Å²) in [5.41, 5.74) is 4.10. The molecular formula is C33H46N2O6S. The summed E-state index contributed by atoms with van der Waals surface area (Å²) in [5.74, 6) is -1.34. The molecule has 1 saturated heterocycles. The number of carboxylic acid groups (broad SMARTS) is 1. The number of ether oxygens (including phenoxy) is 1. The Morgan fingerprint density at radius 1 is 1.02 bits per heavy atom. The van der Waals surface area contributed by atoms with Gasteiger partial charge in [-0.2, -0.15) is 0 Å². The van der Waals surface area contributed by atoms with E-state index in [0.717, 1.165) is 47.4 Å². The number of hydrogen-bond acceptors (Lipinski definition) is 6. The average Bonchev–Trinajstić information content (AvgIpc) is 3.31. The lowest BCUT2D eigenvalue weighted by atomic mass is 9.84. The number of aliphatic carboxylic acids is 1. The fourth-order valence-electron chi connectivity index (χ4n) is 6.73. The maximum atomic E-state index is 13.5. The smallest absolute Gasteiger partial charge is 0.326 e. The fraction of sp³-hybridized carbons (Fsp3) is 0.576. The van der Waals surface area contributed by atoms with Crippen molar-refractivity contribution < 1.29 is 27.9 Å². The Kier molecular flexibility index (Phi) is 11.2. The fourth-order valence-corrected chi connectivity index (χ4v) is 7.39. The van der Waals surface area contributed by atoms with Gasteiger partial charge in [-0.15, -0.1) is 0 Å². The van der Waals surface area contributed by atoms with Crippen LogP contribution in [0.15, 0.2) is 42.5 Å². The average molecular weight is 599 g/mol. The molecule has 2 aromatic rings. The SMILES string of the molecule is COC[C@@H]1CC[C@H](CC2CCCCC2)N1Cc1ccc(C(=O)N[C@@H](CCS(C)(=O)=O)C(=O)O)c(-c2ccccc2C)c1. The molecule has 0 unspecified atom stereocenters. The number of nitrogens with one attached hydrogen (secondary N) is 1. The van der Waals surface area contributed by atoms with Crippen molar-refractivity contribution in [3.8, 4) is 11.1 Å². The van der Waals surface area contributed by atoms with Crippen molar-refractivity contribution in [2.45, 2.75) is 89.4 Å². The van der Waals surface area contributed by atoms with E-state index in [9.17, 15) is 23.1 Å². The Labute approximate surface area is 250 Å². The Bertz CT molecular complexity index is 1340. The molecule has 9 heteroatoms. The summed E-state index contributed by atoms with van der Waals surface area (Å²) in [6.45, 7) is 3.43. The third-order valence-corrected chi connectivity index (χ3v) is 9.95. The number of sulfone groups is 1. The third kappa shape index (κ3) is 8.64. The van der Waals surface area contributed by atoms with Crippen LogP contribution in [0.25, 0.3) is 11.1 Å². The molecule has 1 aliphatic carbocycles. The third-order valence-electron chi connectivity index (χ3n) is 8.97. The highest BCUT2D eigenvalue weighted by atomic mass is 32.2. The summed E-state index contributed by atoms with van der Waals surface area (Å²) in [5, 5.41) is 12.3. The van der Waals surface area contributed by atoms with Crippen LogP contribution in [0.1, 0.15) is 79.3 Å². The summed E-state index contributed by atoms with van der Waals surface area (Å²) >= 11 is 0. The van der Waals surface area contributed by atoms with Crippen LogP contribution < -0.4 is 5.32 Å². The Morgan fingerprint density at radius 2 is 1.74 bits per heavy atom. The Balaban J connectivity index is 1.62. The number of rotatable bonds is 13. The van der Waals surface area contributed by atoms with Gasteiger partial charge in [0, 0.05) is 37.6 Å². The molecule has 0 radical (unpaired) electrons. The Morgan fingerprint density at radius 3 is 2.40 bits per heavy atom. The van der Waals surface area contributed by atoms with Crippen molar-refractivity contribution in [3.05, 3.63) is 59.2 Å². The number of hydrogen-bond donors (Lipinski definition) is 2. The molecule has 42 heavy (non-hydrogen) atoms. The van der Waals surface area contributed by atoms with E-state index in [1.165, 1.54) is 44.9 Å². The first-order chi connectivity index (χ1) is 20.1. The van der Waals surface area contributed by atoms with Crippen molar-refractivity contribution in [1.82, 2.24) is 10.2 Å². The molecule has 0 spiro atoms. The van der Waals surface area contributed by atoms with Gasteiger partial charge < -0.3 is 15.2 Å². The van der Waals surface area contributed by atoms with Gasteiger partial charge >= 0.3 is 5.97 Å². The van der Waals surface area contributed by atoms with E-state index in [0.29, 0.717) is 24.3 Å². The minimum absolute atomic E-state index is 0.198. The number of methoxy groups -OCH3 is 1. The van der Waals surface area contributed by atoms with E-state index >= 15 is 0 Å². The Hall–Kier alpha value is -2.75. The molecule has 3 atom stereocenters. The van der Waals surface area contributed by atoms with Crippen LogP contribution in [0.2, 0.25) is 0 Å². The molecule has 0 aromatic heterocycles. The molecule has 1 heterocycles. The van der Waals surface area contributed by atoms with Crippen molar-refractivity contribution in [1.29, 1.82) is 0 Å². The summed E-state index contributed by atoms with van der Waals surface area (Å²) in [6, 6.07) is 13.2. The van der Waals surface area contributed by atoms with E-state index in [1.807, 2.05) is 37.3 Å². The van der Waals surface area contributed by atoms with Gasteiger partial charge in [0.2, 0.25) is 0 Å². The van der Waals surface area contributed by atoms with Crippen LogP contribution in [0.3, 0.4) is 0 Å². The van der Waals surface area contributed by atoms with Crippen LogP contribution >= 0.6 is 0 Å². The van der Waals surface area contributed by atoms with Crippen molar-refractivity contribution >= 4 is 21.7 Å². The predicted molar refractivity (Wildman–Crippen MR) is 165 cm³/mol. The lowest BCUT2D eigenvalue weighted by Crippen LogP contribution is -2.42. The molecule has 8 nitrogen and oxygen atoms in total. The molecule has 0 bridgehead atoms. The number of carboxylic acids is 1. The van der Waals surface area contributed by atoms with Crippen molar-refractivity contribution in [2.24, 2.45) is 5.92 Å². The van der Waals surface area contributed by atoms with E-state index in [2.05, 4.69) is 16.3 Å². The predicted octanol–water partition coefficient (Wildman–Crippen LogP) is 5.23. The molecule has 2 N–H and O–H groups in total. The minimum atomic E-state index is -3.38. The first-order valence-corrected chi connectivity index (χ1v) is 17.3. The van der Waals surface area contributed by atoms with Crippen molar-refractivity contribution in [3.63, 3.8) is 0 Å². The largest absolute Gasteiger partial charge is 0.480 e. The number of nitrogens with zero attached hydrogens (tertiary/aromatic N) is 1. The maximum Gasteiger partial charge on any atom is 0.326 e. The lowest BCUT2D eigenvalue weighted by molar-refractivity contribution is -0.139. The van der Waals surface area contributed by atoms with Gasteiger partial charge in [0.1, 0.15) is 15.9 Å². The number of amides is 1. The van der Waals surface area contributed by atoms with Crippen LogP contribution in [0.4, 0.5) is 0 Å². The normalized spacial score (nSPS) is 20.8. The second-order valence-corrected chi connectivity index (χ2v) is 14.5. The zero-order valence-electron chi connectivity index (χ0n) is 25.2. The van der Waals surface area contributed by atoms with Gasteiger partial charge in [-0.1, -0.05) is 62.4 Å². The zero-order valence-corrected chi connectivity index (χ0v) is 26.0. The number of carbonyl (C=O) groups excluding carboxylic acids is 1. The second-order valence-electron chi connectivity index (χ2n) is 12.2. The standard InChI is InChI=1S/C33H46N2O6S/c1-23-9-7-8-12-28(23)30-20-25(13-16-29(30)32(36)34-31(33(37)38)17-18-42(3,39)40)21-35-26(14-15-27(35)22-41-2)19-24-10-5-4-6-11-24/h7-9,12-13,16,20,24,26-27,31H,4-6,10-11,14-15,17-19,21-22H2,1-3H3,(H,34,36)(H,37,38)/t26-,27+,31+/m1/s1. The molecule has 2 aromatic carbocycles. The van der Waals surface area contributed by atoms with Gasteiger partial charge in [-0.25, -0.2) is 13.2 Å².